The molecule has 5 heteroatoms. The molecule has 0 N–H and O–H groups in total. The molecule has 0 spiro atoms. The number of carbonyl (C=O) groups is 2. The minimum atomic E-state index is -0.354. The Kier molecular flexibility index (Phi) is 7.61. The molecule has 0 aliphatic carbocycles. The molecule has 20 heavy (non-hydrogen) atoms. The van der Waals surface area contributed by atoms with Gasteiger partial charge < -0.3 is 14.5 Å². The van der Waals surface area contributed by atoms with Crippen LogP contribution in [-0.4, -0.2) is 55.1 Å². The largest absolute Gasteiger partial charge is 0.453 e. The molecule has 1 aliphatic rings. The summed E-state index contributed by atoms with van der Waals surface area (Å²) in [6.07, 6.45) is -0.315. The number of hydrogen-bond acceptors (Lipinski definition) is 3. The number of hydrogen-bond donors (Lipinski definition) is 0. The molecule has 0 aromatic heterocycles. The SMILES string of the molecule is CC.COC(=O)N1CCN(C(=O)C(C)(C)C(C)C)CC1. The van der Waals surface area contributed by atoms with Gasteiger partial charge in [0, 0.05) is 31.6 Å². The zero-order chi connectivity index (χ0) is 15.9. The van der Waals surface area contributed by atoms with Crippen molar-refractivity contribution in [3.63, 3.8) is 0 Å². The van der Waals surface area contributed by atoms with E-state index in [1.54, 1.807) is 4.90 Å². The van der Waals surface area contributed by atoms with Crippen LogP contribution in [0.15, 0.2) is 0 Å². The first kappa shape index (κ1) is 18.7. The maximum Gasteiger partial charge on any atom is 0.409 e. The summed E-state index contributed by atoms with van der Waals surface area (Å²) in [7, 11) is 1.38. The van der Waals surface area contributed by atoms with Crippen LogP contribution in [0.2, 0.25) is 0 Å². The van der Waals surface area contributed by atoms with Gasteiger partial charge in [0.15, 0.2) is 0 Å². The molecule has 0 atom stereocenters. The van der Waals surface area contributed by atoms with Crippen LogP contribution in [0.5, 0.6) is 0 Å². The van der Waals surface area contributed by atoms with Gasteiger partial charge in [-0.05, 0) is 5.92 Å². The summed E-state index contributed by atoms with van der Waals surface area (Å²) in [6.45, 7) is 14.3. The minimum absolute atomic E-state index is 0.169. The lowest BCUT2D eigenvalue weighted by molar-refractivity contribution is -0.144. The van der Waals surface area contributed by atoms with Gasteiger partial charge in [-0.15, -0.1) is 0 Å². The predicted molar refractivity (Wildman–Crippen MR) is 80.5 cm³/mol. The van der Waals surface area contributed by atoms with E-state index in [0.717, 1.165) is 0 Å². The van der Waals surface area contributed by atoms with Crippen molar-refractivity contribution in [3.8, 4) is 0 Å². The lowest BCUT2D eigenvalue weighted by Gasteiger charge is -2.39. The number of amides is 2. The molecule has 2 amide bonds. The van der Waals surface area contributed by atoms with Gasteiger partial charge in [0.25, 0.3) is 0 Å². The number of methoxy groups -OCH3 is 1. The van der Waals surface area contributed by atoms with Gasteiger partial charge in [-0.2, -0.15) is 0 Å². The van der Waals surface area contributed by atoms with Crippen LogP contribution < -0.4 is 0 Å². The topological polar surface area (TPSA) is 49.9 Å². The number of ether oxygens (including phenoxy) is 1. The second-order valence-electron chi connectivity index (χ2n) is 5.63. The van der Waals surface area contributed by atoms with Crippen molar-refractivity contribution < 1.29 is 14.3 Å². The molecule has 1 rings (SSSR count). The van der Waals surface area contributed by atoms with Gasteiger partial charge in [0.05, 0.1) is 7.11 Å². The molecule has 1 aliphatic heterocycles. The fourth-order valence-electron chi connectivity index (χ4n) is 1.88. The van der Waals surface area contributed by atoms with E-state index < -0.39 is 0 Å². The van der Waals surface area contributed by atoms with Gasteiger partial charge in [0.2, 0.25) is 5.91 Å². The van der Waals surface area contributed by atoms with Crippen LogP contribution in [0, 0.1) is 11.3 Å². The first-order valence-electron chi connectivity index (χ1n) is 7.43. The van der Waals surface area contributed by atoms with Gasteiger partial charge in [-0.3, -0.25) is 4.79 Å². The maximum absolute atomic E-state index is 12.4. The second kappa shape index (κ2) is 8.12. The van der Waals surface area contributed by atoms with E-state index >= 15 is 0 Å². The summed E-state index contributed by atoms with van der Waals surface area (Å²) < 4.78 is 4.67. The van der Waals surface area contributed by atoms with Gasteiger partial charge in [0.1, 0.15) is 0 Å². The van der Waals surface area contributed by atoms with Crippen LogP contribution in [0.1, 0.15) is 41.5 Å². The van der Waals surface area contributed by atoms with Gasteiger partial charge in [-0.25, -0.2) is 4.79 Å². The molecule has 1 heterocycles. The van der Waals surface area contributed by atoms with E-state index in [2.05, 4.69) is 18.6 Å². The van der Waals surface area contributed by atoms with E-state index in [1.165, 1.54) is 7.11 Å². The highest BCUT2D eigenvalue weighted by Crippen LogP contribution is 2.29. The standard InChI is InChI=1S/C13H24N2O3.C2H6/c1-10(2)13(3,4)11(16)14-6-8-15(9-7-14)12(17)18-5;1-2/h10H,6-9H2,1-5H3;1-2H3. The highest BCUT2D eigenvalue weighted by atomic mass is 16.5. The molecular formula is C15H30N2O3. The van der Waals surface area contributed by atoms with Crippen LogP contribution in [0.3, 0.4) is 0 Å². The zero-order valence-electron chi connectivity index (χ0n) is 14.0. The Balaban J connectivity index is 0.00000172. The highest BCUT2D eigenvalue weighted by Gasteiger charge is 2.36. The Morgan fingerprint density at radius 1 is 1.00 bits per heavy atom. The van der Waals surface area contributed by atoms with Crippen molar-refractivity contribution in [1.82, 2.24) is 9.80 Å². The molecule has 0 bridgehead atoms. The third-order valence-corrected chi connectivity index (χ3v) is 3.99. The van der Waals surface area contributed by atoms with Crippen LogP contribution in [-0.2, 0) is 9.53 Å². The summed E-state index contributed by atoms with van der Waals surface area (Å²) >= 11 is 0. The maximum atomic E-state index is 12.4. The number of nitrogens with zero attached hydrogens (tertiary/aromatic N) is 2. The average Bonchev–Trinajstić information content (AvgIpc) is 2.47. The van der Waals surface area contributed by atoms with Crippen molar-refractivity contribution in [1.29, 1.82) is 0 Å². The summed E-state index contributed by atoms with van der Waals surface area (Å²) in [5.41, 5.74) is -0.354. The smallest absolute Gasteiger partial charge is 0.409 e. The molecule has 118 valence electrons. The van der Waals surface area contributed by atoms with Gasteiger partial charge >= 0.3 is 6.09 Å². The van der Waals surface area contributed by atoms with Crippen molar-refractivity contribution in [2.45, 2.75) is 41.5 Å². The molecule has 0 unspecified atom stereocenters. The van der Waals surface area contributed by atoms with Crippen molar-refractivity contribution >= 4 is 12.0 Å². The van der Waals surface area contributed by atoms with E-state index in [9.17, 15) is 9.59 Å². The Hall–Kier alpha value is -1.26. The third kappa shape index (κ3) is 4.39. The van der Waals surface area contributed by atoms with E-state index in [1.807, 2.05) is 32.6 Å². The molecule has 0 aromatic rings. The quantitative estimate of drug-likeness (QED) is 0.784. The monoisotopic (exact) mass is 286 g/mol. The van der Waals surface area contributed by atoms with Crippen molar-refractivity contribution in [3.05, 3.63) is 0 Å². The zero-order valence-corrected chi connectivity index (χ0v) is 14.0. The Bertz CT molecular complexity index is 319. The lowest BCUT2D eigenvalue weighted by atomic mass is 9.79. The first-order chi connectivity index (χ1) is 9.30. The van der Waals surface area contributed by atoms with Crippen molar-refractivity contribution in [2.75, 3.05) is 33.3 Å². The molecule has 1 saturated heterocycles. The number of carbonyl (C=O) groups excluding carboxylic acids is 2. The molecule has 0 radical (unpaired) electrons. The molecule has 0 saturated carbocycles. The predicted octanol–water partition coefficient (Wildman–Crippen LogP) is 2.61. The molecule has 1 fully saturated rings. The summed E-state index contributed by atoms with van der Waals surface area (Å²) in [6, 6.07) is 0. The van der Waals surface area contributed by atoms with Crippen LogP contribution in [0.4, 0.5) is 4.79 Å². The summed E-state index contributed by atoms with van der Waals surface area (Å²) in [5.74, 6) is 0.464. The van der Waals surface area contributed by atoms with Gasteiger partial charge in [-0.1, -0.05) is 41.5 Å². The Morgan fingerprint density at radius 3 is 1.75 bits per heavy atom. The summed E-state index contributed by atoms with van der Waals surface area (Å²) in [5, 5.41) is 0. The minimum Gasteiger partial charge on any atom is -0.453 e. The second-order valence-corrected chi connectivity index (χ2v) is 5.63. The van der Waals surface area contributed by atoms with Crippen LogP contribution >= 0.6 is 0 Å². The molecule has 0 aromatic carbocycles. The van der Waals surface area contributed by atoms with E-state index in [0.29, 0.717) is 32.1 Å². The van der Waals surface area contributed by atoms with Crippen LogP contribution in [0.25, 0.3) is 0 Å². The normalized spacial score (nSPS) is 15.6. The number of rotatable bonds is 2. The Labute approximate surface area is 123 Å². The fraction of sp³-hybridized carbons (Fsp3) is 0.867. The summed E-state index contributed by atoms with van der Waals surface area (Å²) in [4.78, 5) is 27.2. The van der Waals surface area contributed by atoms with E-state index in [4.69, 9.17) is 0 Å². The fourth-order valence-corrected chi connectivity index (χ4v) is 1.88. The molecular weight excluding hydrogens is 256 g/mol. The third-order valence-electron chi connectivity index (χ3n) is 3.99. The average molecular weight is 286 g/mol. The Morgan fingerprint density at radius 2 is 1.40 bits per heavy atom. The number of piperazine rings is 1. The lowest BCUT2D eigenvalue weighted by Crippen LogP contribution is -2.54. The highest BCUT2D eigenvalue weighted by molar-refractivity contribution is 5.82. The first-order valence-corrected chi connectivity index (χ1v) is 7.43. The van der Waals surface area contributed by atoms with E-state index in [-0.39, 0.29) is 17.4 Å². The van der Waals surface area contributed by atoms with Crippen molar-refractivity contribution in [2.24, 2.45) is 11.3 Å². The molecule has 5 nitrogen and oxygen atoms in total.